The molecule has 0 bridgehead atoms. The van der Waals surface area contributed by atoms with Crippen LogP contribution in [0.1, 0.15) is 50.3 Å². The van der Waals surface area contributed by atoms with E-state index in [0.29, 0.717) is 6.04 Å². The van der Waals surface area contributed by atoms with E-state index in [4.69, 9.17) is 0 Å². The average Bonchev–Trinajstić information content (AvgIpc) is 3.01. The van der Waals surface area contributed by atoms with Crippen molar-refractivity contribution in [2.45, 2.75) is 51.1 Å². The third-order valence-corrected chi connectivity index (χ3v) is 5.88. The first kappa shape index (κ1) is 17.5. The number of aromatic nitrogens is 2. The Morgan fingerprint density at radius 1 is 0.923 bits per heavy atom. The number of nitrogens with zero attached hydrogens (tertiary/aromatic N) is 4. The van der Waals surface area contributed by atoms with Crippen LogP contribution in [0.15, 0.2) is 36.8 Å². The van der Waals surface area contributed by atoms with Crippen LogP contribution < -0.4 is 4.90 Å². The highest BCUT2D eigenvalue weighted by Gasteiger charge is 2.20. The fourth-order valence-electron chi connectivity index (χ4n) is 4.41. The van der Waals surface area contributed by atoms with Crippen molar-refractivity contribution in [3.05, 3.63) is 48.3 Å². The maximum atomic E-state index is 13.2. The lowest BCUT2D eigenvalue weighted by atomic mass is 9.95. The van der Waals surface area contributed by atoms with Crippen LogP contribution in [-0.2, 0) is 6.54 Å². The van der Waals surface area contributed by atoms with Crippen molar-refractivity contribution in [3.63, 3.8) is 0 Å². The van der Waals surface area contributed by atoms with Gasteiger partial charge in [-0.25, -0.2) is 9.37 Å². The van der Waals surface area contributed by atoms with Gasteiger partial charge < -0.3 is 9.47 Å². The molecule has 1 saturated carbocycles. The minimum Gasteiger partial charge on any atom is -0.370 e. The van der Waals surface area contributed by atoms with E-state index in [1.807, 2.05) is 18.5 Å². The quantitative estimate of drug-likeness (QED) is 0.819. The van der Waals surface area contributed by atoms with Gasteiger partial charge in [0.15, 0.2) is 0 Å². The molecule has 1 aromatic heterocycles. The van der Waals surface area contributed by atoms with Crippen LogP contribution in [0, 0.1) is 5.82 Å². The van der Waals surface area contributed by atoms with Crippen LogP contribution in [0.4, 0.5) is 10.1 Å². The van der Waals surface area contributed by atoms with Gasteiger partial charge in [-0.3, -0.25) is 4.90 Å². The van der Waals surface area contributed by atoms with Crippen LogP contribution in [-0.4, -0.2) is 40.6 Å². The summed E-state index contributed by atoms with van der Waals surface area (Å²) in [6.07, 6.45) is 11.9. The van der Waals surface area contributed by atoms with E-state index in [-0.39, 0.29) is 5.82 Å². The van der Waals surface area contributed by atoms with Crippen molar-refractivity contribution in [1.82, 2.24) is 14.5 Å². The summed E-state index contributed by atoms with van der Waals surface area (Å²) in [5.41, 5.74) is 2.48. The van der Waals surface area contributed by atoms with Crippen LogP contribution in [0.3, 0.4) is 0 Å². The monoisotopic (exact) mass is 356 g/mol. The van der Waals surface area contributed by atoms with Crippen LogP contribution in [0.2, 0.25) is 0 Å². The number of halogens is 1. The van der Waals surface area contributed by atoms with Gasteiger partial charge in [0.25, 0.3) is 0 Å². The molecule has 2 aliphatic rings. The molecule has 2 aromatic rings. The Labute approximate surface area is 155 Å². The second kappa shape index (κ2) is 8.21. The highest BCUT2D eigenvalue weighted by Crippen LogP contribution is 2.29. The Kier molecular flexibility index (Phi) is 5.54. The maximum absolute atomic E-state index is 13.2. The molecular weight excluding hydrogens is 327 g/mol. The molecule has 5 heteroatoms. The fraction of sp³-hybridized carbons (Fsp3) is 0.571. The molecule has 4 rings (SSSR count). The summed E-state index contributed by atoms with van der Waals surface area (Å²) in [4.78, 5) is 9.36. The molecule has 140 valence electrons. The van der Waals surface area contributed by atoms with Crippen LogP contribution in [0.25, 0.3) is 0 Å². The number of hydrogen-bond acceptors (Lipinski definition) is 3. The molecule has 1 aromatic carbocycles. The number of anilines is 1. The Bertz CT molecular complexity index is 690. The molecular formula is C21H29FN4. The molecule has 2 heterocycles. The van der Waals surface area contributed by atoms with E-state index >= 15 is 0 Å². The predicted octanol–water partition coefficient (Wildman–Crippen LogP) is 4.24. The zero-order chi connectivity index (χ0) is 17.8. The van der Waals surface area contributed by atoms with Gasteiger partial charge in [-0.05, 0) is 43.5 Å². The minimum atomic E-state index is -0.166. The van der Waals surface area contributed by atoms with Gasteiger partial charge in [0.05, 0.1) is 12.0 Å². The molecule has 2 fully saturated rings. The topological polar surface area (TPSA) is 24.3 Å². The molecule has 1 saturated heterocycles. The molecule has 1 aliphatic carbocycles. The first-order valence-corrected chi connectivity index (χ1v) is 10.0. The summed E-state index contributed by atoms with van der Waals surface area (Å²) in [5.74, 6) is -0.166. The molecule has 4 nitrogen and oxygen atoms in total. The number of rotatable bonds is 4. The highest BCUT2D eigenvalue weighted by atomic mass is 19.1. The normalized spacial score (nSPS) is 20.3. The van der Waals surface area contributed by atoms with Gasteiger partial charge in [0, 0.05) is 50.6 Å². The van der Waals surface area contributed by atoms with Gasteiger partial charge in [-0.2, -0.15) is 0 Å². The maximum Gasteiger partial charge on any atom is 0.123 e. The summed E-state index contributed by atoms with van der Waals surface area (Å²) in [6.45, 7) is 5.14. The van der Waals surface area contributed by atoms with Crippen LogP contribution in [0.5, 0.6) is 0 Å². The van der Waals surface area contributed by atoms with Crippen molar-refractivity contribution < 1.29 is 4.39 Å². The largest absolute Gasteiger partial charge is 0.370 e. The van der Waals surface area contributed by atoms with Gasteiger partial charge in [0.1, 0.15) is 5.82 Å². The Hall–Kier alpha value is -1.88. The first-order valence-electron chi connectivity index (χ1n) is 10.0. The van der Waals surface area contributed by atoms with E-state index in [9.17, 15) is 4.39 Å². The van der Waals surface area contributed by atoms with E-state index in [1.165, 1.54) is 37.8 Å². The third-order valence-electron chi connectivity index (χ3n) is 5.88. The van der Waals surface area contributed by atoms with E-state index in [2.05, 4.69) is 25.5 Å². The van der Waals surface area contributed by atoms with Crippen molar-refractivity contribution in [2.75, 3.05) is 31.1 Å². The van der Waals surface area contributed by atoms with Crippen molar-refractivity contribution in [2.24, 2.45) is 0 Å². The summed E-state index contributed by atoms with van der Waals surface area (Å²) in [7, 11) is 0. The van der Waals surface area contributed by atoms with Gasteiger partial charge >= 0.3 is 0 Å². The van der Waals surface area contributed by atoms with E-state index in [1.54, 1.807) is 12.1 Å². The zero-order valence-electron chi connectivity index (χ0n) is 15.5. The van der Waals surface area contributed by atoms with Gasteiger partial charge in [0.2, 0.25) is 0 Å². The lowest BCUT2D eigenvalue weighted by Gasteiger charge is -2.27. The van der Waals surface area contributed by atoms with E-state index in [0.717, 1.165) is 44.8 Å². The number of imidazole rings is 1. The van der Waals surface area contributed by atoms with Gasteiger partial charge in [-0.1, -0.05) is 19.3 Å². The van der Waals surface area contributed by atoms with Crippen LogP contribution >= 0.6 is 0 Å². The second-order valence-corrected chi connectivity index (χ2v) is 7.68. The summed E-state index contributed by atoms with van der Waals surface area (Å²) in [6, 6.07) is 7.54. The Morgan fingerprint density at radius 3 is 2.54 bits per heavy atom. The molecule has 0 spiro atoms. The lowest BCUT2D eigenvalue weighted by Crippen LogP contribution is -2.31. The highest BCUT2D eigenvalue weighted by molar-refractivity contribution is 5.46. The summed E-state index contributed by atoms with van der Waals surface area (Å²) < 4.78 is 15.6. The average molecular weight is 356 g/mol. The first-order chi connectivity index (χ1) is 12.8. The zero-order valence-corrected chi connectivity index (χ0v) is 15.5. The third kappa shape index (κ3) is 4.09. The van der Waals surface area contributed by atoms with E-state index < -0.39 is 0 Å². The number of hydrogen-bond donors (Lipinski definition) is 0. The van der Waals surface area contributed by atoms with Crippen molar-refractivity contribution in [3.8, 4) is 0 Å². The van der Waals surface area contributed by atoms with Crippen molar-refractivity contribution >= 4 is 5.69 Å². The summed E-state index contributed by atoms with van der Waals surface area (Å²) >= 11 is 0. The molecule has 0 atom stereocenters. The predicted molar refractivity (Wildman–Crippen MR) is 103 cm³/mol. The molecule has 0 N–H and O–H groups in total. The summed E-state index contributed by atoms with van der Waals surface area (Å²) in [5, 5.41) is 0. The second-order valence-electron chi connectivity index (χ2n) is 7.68. The number of benzene rings is 1. The van der Waals surface area contributed by atoms with Crippen molar-refractivity contribution in [1.29, 1.82) is 0 Å². The minimum absolute atomic E-state index is 0.166. The Morgan fingerprint density at radius 2 is 1.73 bits per heavy atom. The fourth-order valence-corrected chi connectivity index (χ4v) is 4.41. The smallest absolute Gasteiger partial charge is 0.123 e. The standard InChI is InChI=1S/C21H29FN4/c22-18-7-9-19(10-8-18)25-12-4-11-24(13-14-25)16-21-15-23-17-26(21)20-5-2-1-3-6-20/h7-10,15,17,20H,1-6,11-14,16H2. The molecule has 1 aliphatic heterocycles. The van der Waals surface area contributed by atoms with Gasteiger partial charge in [-0.15, -0.1) is 0 Å². The SMILES string of the molecule is Fc1ccc(N2CCCN(Cc3cncn3C3CCCCC3)CC2)cc1. The molecule has 0 radical (unpaired) electrons. The lowest BCUT2D eigenvalue weighted by molar-refractivity contribution is 0.266. The Balaban J connectivity index is 1.38. The molecule has 26 heavy (non-hydrogen) atoms. The molecule has 0 unspecified atom stereocenters. The molecule has 0 amide bonds.